The number of carbonyl (C=O) groups excluding carboxylic acids is 1. The van der Waals surface area contributed by atoms with Crippen molar-refractivity contribution in [3.63, 3.8) is 0 Å². The van der Waals surface area contributed by atoms with Crippen molar-refractivity contribution in [1.29, 1.82) is 0 Å². The van der Waals surface area contributed by atoms with Crippen LogP contribution in [0.5, 0.6) is 0 Å². The number of amides is 1. The summed E-state index contributed by atoms with van der Waals surface area (Å²) in [6.45, 7) is -0.322. The number of rotatable bonds is 1. The zero-order chi connectivity index (χ0) is 15.1. The highest BCUT2D eigenvalue weighted by Gasteiger charge is 2.38. The summed E-state index contributed by atoms with van der Waals surface area (Å²) in [4.78, 5) is 10.8. The summed E-state index contributed by atoms with van der Waals surface area (Å²) in [6.07, 6.45) is -10.7. The van der Waals surface area contributed by atoms with Gasteiger partial charge in [0.2, 0.25) is 0 Å². The first-order valence-corrected chi connectivity index (χ1v) is 5.30. The number of ether oxygens (including phenoxy) is 1. The van der Waals surface area contributed by atoms with Gasteiger partial charge in [0.15, 0.2) is 0 Å². The summed E-state index contributed by atoms with van der Waals surface area (Å²) < 4.78 is 80.1. The largest absolute Gasteiger partial charge is 0.447 e. The van der Waals surface area contributed by atoms with Gasteiger partial charge in [0.25, 0.3) is 0 Å². The second-order valence-electron chi connectivity index (χ2n) is 4.13. The first kappa shape index (κ1) is 17.4. The minimum absolute atomic E-state index is 0. The van der Waals surface area contributed by atoms with Crippen LogP contribution in [0.1, 0.15) is 22.7 Å². The Bertz CT molecular complexity index is 510. The van der Waals surface area contributed by atoms with Gasteiger partial charge in [-0.25, -0.2) is 4.79 Å². The van der Waals surface area contributed by atoms with Crippen LogP contribution in [0.25, 0.3) is 0 Å². The fraction of sp³-hybridized carbons (Fsp3) is 0.364. The molecule has 2 rings (SSSR count). The maximum atomic E-state index is 12.6. The van der Waals surface area contributed by atoms with Gasteiger partial charge >= 0.3 is 18.4 Å². The van der Waals surface area contributed by atoms with E-state index in [0.717, 1.165) is 0 Å². The summed E-state index contributed by atoms with van der Waals surface area (Å²) in [5, 5.41) is 2.13. The Kier molecular flexibility index (Phi) is 4.66. The van der Waals surface area contributed by atoms with E-state index in [2.05, 4.69) is 10.1 Å². The molecule has 1 aliphatic heterocycles. The van der Waals surface area contributed by atoms with Crippen molar-refractivity contribution in [2.75, 3.05) is 6.61 Å². The van der Waals surface area contributed by atoms with Gasteiger partial charge < -0.3 is 10.1 Å². The maximum absolute atomic E-state index is 12.6. The molecule has 1 saturated heterocycles. The lowest BCUT2D eigenvalue weighted by Gasteiger charge is -2.16. The number of hydrogen-bond donors (Lipinski definition) is 1. The summed E-state index contributed by atoms with van der Waals surface area (Å²) in [6, 6.07) is 0.121. The average Bonchev–Trinajstić information content (AvgIpc) is 2.73. The Hall–Kier alpha value is -1.64. The molecule has 0 spiro atoms. The Balaban J connectivity index is 0.00000220. The molecule has 1 amide bonds. The van der Waals surface area contributed by atoms with Crippen LogP contribution < -0.4 is 5.32 Å². The average molecular weight is 336 g/mol. The predicted octanol–water partition coefficient (Wildman–Crippen LogP) is 3.93. The van der Waals surface area contributed by atoms with Crippen LogP contribution in [0.2, 0.25) is 0 Å². The van der Waals surface area contributed by atoms with Gasteiger partial charge in [-0.15, -0.1) is 12.4 Å². The van der Waals surface area contributed by atoms with Crippen molar-refractivity contribution in [2.24, 2.45) is 0 Å². The molecule has 0 radical (unpaired) electrons. The number of benzene rings is 1. The van der Waals surface area contributed by atoms with Crippen LogP contribution in [0, 0.1) is 0 Å². The molecule has 3 nitrogen and oxygen atoms in total. The molecule has 0 saturated carbocycles. The second kappa shape index (κ2) is 5.63. The first-order valence-electron chi connectivity index (χ1n) is 5.30. The molecule has 0 unspecified atom stereocenters. The highest BCUT2D eigenvalue weighted by atomic mass is 35.5. The fourth-order valence-corrected chi connectivity index (χ4v) is 1.74. The van der Waals surface area contributed by atoms with Crippen molar-refractivity contribution in [3.8, 4) is 0 Å². The van der Waals surface area contributed by atoms with Crippen LogP contribution in [-0.4, -0.2) is 12.7 Å². The molecule has 0 aromatic heterocycles. The maximum Gasteiger partial charge on any atom is 0.416 e. The lowest BCUT2D eigenvalue weighted by Crippen LogP contribution is -2.20. The van der Waals surface area contributed by atoms with E-state index in [0.29, 0.717) is 12.1 Å². The zero-order valence-corrected chi connectivity index (χ0v) is 10.8. The molecular weight excluding hydrogens is 328 g/mol. The monoisotopic (exact) mass is 335 g/mol. The lowest BCUT2D eigenvalue weighted by atomic mass is 10.0. The Morgan fingerprint density at radius 1 is 1.00 bits per heavy atom. The van der Waals surface area contributed by atoms with E-state index in [1.807, 2.05) is 0 Å². The van der Waals surface area contributed by atoms with Gasteiger partial charge in [-0.05, 0) is 23.8 Å². The molecule has 1 heterocycles. The molecule has 1 aromatic carbocycles. The number of hydrogen-bond acceptors (Lipinski definition) is 2. The van der Waals surface area contributed by atoms with Crippen LogP contribution in [0.4, 0.5) is 31.1 Å². The van der Waals surface area contributed by atoms with Crippen molar-refractivity contribution in [1.82, 2.24) is 5.32 Å². The third kappa shape index (κ3) is 3.93. The van der Waals surface area contributed by atoms with Crippen molar-refractivity contribution in [3.05, 3.63) is 34.9 Å². The third-order valence-corrected chi connectivity index (χ3v) is 2.69. The van der Waals surface area contributed by atoms with Crippen molar-refractivity contribution >= 4 is 18.5 Å². The van der Waals surface area contributed by atoms with Gasteiger partial charge in [0.1, 0.15) is 6.61 Å². The van der Waals surface area contributed by atoms with E-state index in [1.54, 1.807) is 0 Å². The summed E-state index contributed by atoms with van der Waals surface area (Å²) in [5.74, 6) is 0. The van der Waals surface area contributed by atoms with E-state index >= 15 is 0 Å². The molecule has 1 aliphatic rings. The van der Waals surface area contributed by atoms with Crippen LogP contribution in [0.15, 0.2) is 18.2 Å². The highest BCUT2D eigenvalue weighted by molar-refractivity contribution is 5.85. The molecule has 21 heavy (non-hydrogen) atoms. The summed E-state index contributed by atoms with van der Waals surface area (Å²) in [5.41, 5.74) is -3.16. The SMILES string of the molecule is Cl.O=C1N[C@@H](c2cc(C(F)(F)F)cc(C(F)(F)F)c2)CO1. The number of nitrogens with one attached hydrogen (secondary N) is 1. The Morgan fingerprint density at radius 2 is 1.48 bits per heavy atom. The molecule has 10 heteroatoms. The van der Waals surface area contributed by atoms with E-state index in [1.165, 1.54) is 0 Å². The molecule has 0 bridgehead atoms. The van der Waals surface area contributed by atoms with Gasteiger partial charge in [0, 0.05) is 0 Å². The molecule has 1 aromatic rings. The number of alkyl carbamates (subject to hydrolysis) is 1. The van der Waals surface area contributed by atoms with Crippen molar-refractivity contribution < 1.29 is 35.9 Å². The normalized spacial score (nSPS) is 18.8. The van der Waals surface area contributed by atoms with E-state index in [4.69, 9.17) is 0 Å². The lowest BCUT2D eigenvalue weighted by molar-refractivity contribution is -0.143. The van der Waals surface area contributed by atoms with E-state index < -0.39 is 35.6 Å². The first-order chi connectivity index (χ1) is 9.07. The van der Waals surface area contributed by atoms with Crippen LogP contribution >= 0.6 is 12.4 Å². The predicted molar refractivity (Wildman–Crippen MR) is 60.9 cm³/mol. The second-order valence-corrected chi connectivity index (χ2v) is 4.13. The summed E-state index contributed by atoms with van der Waals surface area (Å²) in [7, 11) is 0. The molecular formula is C11H8ClF6NO2. The van der Waals surface area contributed by atoms with E-state index in [9.17, 15) is 31.1 Å². The molecule has 1 atom stereocenters. The third-order valence-electron chi connectivity index (χ3n) is 2.69. The molecule has 118 valence electrons. The van der Waals surface area contributed by atoms with Crippen LogP contribution in [-0.2, 0) is 17.1 Å². The number of alkyl halides is 6. The standard InChI is InChI=1S/C11H7F6NO2.ClH/c12-10(13,14)6-1-5(8-4-20-9(19)18-8)2-7(3-6)11(15,16)17;/h1-3,8H,4H2,(H,18,19);1H/t8-;/m1./s1. The zero-order valence-electron chi connectivity index (χ0n) is 10.0. The number of carbonyl (C=O) groups is 1. The number of cyclic esters (lactones) is 1. The highest BCUT2D eigenvalue weighted by Crippen LogP contribution is 2.37. The topological polar surface area (TPSA) is 38.3 Å². The van der Waals surface area contributed by atoms with Gasteiger partial charge in [0.05, 0.1) is 17.2 Å². The number of halogens is 7. The Labute approximate surface area is 120 Å². The van der Waals surface area contributed by atoms with E-state index in [-0.39, 0.29) is 30.6 Å². The minimum Gasteiger partial charge on any atom is -0.447 e. The molecule has 1 N–H and O–H groups in total. The van der Waals surface area contributed by atoms with Gasteiger partial charge in [-0.3, -0.25) is 0 Å². The molecule has 1 fully saturated rings. The van der Waals surface area contributed by atoms with Gasteiger partial charge in [-0.1, -0.05) is 0 Å². The minimum atomic E-state index is -4.92. The molecule has 0 aliphatic carbocycles. The Morgan fingerprint density at radius 3 is 1.81 bits per heavy atom. The summed E-state index contributed by atoms with van der Waals surface area (Å²) >= 11 is 0. The fourth-order valence-electron chi connectivity index (χ4n) is 1.74. The quantitative estimate of drug-likeness (QED) is 0.790. The smallest absolute Gasteiger partial charge is 0.416 e. The van der Waals surface area contributed by atoms with Crippen molar-refractivity contribution in [2.45, 2.75) is 18.4 Å². The van der Waals surface area contributed by atoms with Gasteiger partial charge in [-0.2, -0.15) is 26.3 Å². The van der Waals surface area contributed by atoms with Crippen LogP contribution in [0.3, 0.4) is 0 Å².